The van der Waals surface area contributed by atoms with Crippen LogP contribution < -0.4 is 10.6 Å². The van der Waals surface area contributed by atoms with Crippen LogP contribution in [0.3, 0.4) is 0 Å². The predicted molar refractivity (Wildman–Crippen MR) is 84.8 cm³/mol. The van der Waals surface area contributed by atoms with Crippen LogP contribution in [0, 0.1) is 6.92 Å². The number of benzene rings is 1. The van der Waals surface area contributed by atoms with Crippen LogP contribution in [0.1, 0.15) is 12.2 Å². The van der Waals surface area contributed by atoms with Crippen molar-refractivity contribution in [3.05, 3.63) is 30.1 Å². The Bertz CT molecular complexity index is 660. The molecule has 1 saturated heterocycles. The highest BCUT2D eigenvalue weighted by Crippen LogP contribution is 2.20. The van der Waals surface area contributed by atoms with E-state index >= 15 is 0 Å². The number of carbonyl (C=O) groups excluding carboxylic acids is 1. The minimum Gasteiger partial charge on any atom is -0.392 e. The first-order valence-corrected chi connectivity index (χ1v) is 6.83. The summed E-state index contributed by atoms with van der Waals surface area (Å²) >= 11 is 0. The maximum Gasteiger partial charge on any atom is 0.241 e. The van der Waals surface area contributed by atoms with Crippen molar-refractivity contribution in [1.29, 1.82) is 0 Å². The van der Waals surface area contributed by atoms with Crippen molar-refractivity contribution in [2.24, 2.45) is 0 Å². The number of anilines is 1. The fraction of sp³-hybridized carbons (Fsp3) is 0.357. The number of hydrogen-bond donors (Lipinski definition) is 4. The van der Waals surface area contributed by atoms with Crippen LogP contribution in [-0.4, -0.2) is 44.9 Å². The molecule has 0 spiro atoms. The third kappa shape index (κ3) is 3.62. The molecular weight excluding hydrogens is 306 g/mol. The number of aromatic amines is 1. The average molecular weight is 324 g/mol. The van der Waals surface area contributed by atoms with Gasteiger partial charge in [-0.05, 0) is 25.5 Å². The number of nitrogens with one attached hydrogen (secondary N) is 3. The Morgan fingerprint density at radius 3 is 2.91 bits per heavy atom. The first kappa shape index (κ1) is 16.4. The van der Waals surface area contributed by atoms with Crippen LogP contribution in [-0.2, 0) is 4.79 Å². The summed E-state index contributed by atoms with van der Waals surface area (Å²) < 4.78 is 0. The minimum absolute atomic E-state index is 0. The van der Waals surface area contributed by atoms with Crippen molar-refractivity contribution in [3.8, 4) is 11.4 Å². The molecule has 2 heterocycles. The summed E-state index contributed by atoms with van der Waals surface area (Å²) in [5.41, 5.74) is 1.51. The molecule has 1 amide bonds. The fourth-order valence-electron chi connectivity index (χ4n) is 2.35. The number of nitrogens with zero attached hydrogens (tertiary/aromatic N) is 2. The maximum absolute atomic E-state index is 12.1. The summed E-state index contributed by atoms with van der Waals surface area (Å²) in [5.74, 6) is 1.19. The summed E-state index contributed by atoms with van der Waals surface area (Å²) in [6.45, 7) is 2.29. The predicted octanol–water partition coefficient (Wildman–Crippen LogP) is 0.863. The number of β-amino-alcohol motifs (C(OH)–C–C–N with tert-alkyl or cyclic N) is 1. The summed E-state index contributed by atoms with van der Waals surface area (Å²) in [4.78, 5) is 16.4. The lowest BCUT2D eigenvalue weighted by Gasteiger charge is -2.11. The zero-order valence-electron chi connectivity index (χ0n) is 12.0. The van der Waals surface area contributed by atoms with E-state index in [1.165, 1.54) is 0 Å². The lowest BCUT2D eigenvalue weighted by atomic mass is 10.1. The Labute approximate surface area is 133 Å². The number of aliphatic hydroxyl groups is 1. The van der Waals surface area contributed by atoms with Gasteiger partial charge >= 0.3 is 0 Å². The molecule has 2 unspecified atom stereocenters. The number of halogens is 1. The molecule has 3 rings (SSSR count). The van der Waals surface area contributed by atoms with Gasteiger partial charge in [0, 0.05) is 17.8 Å². The normalized spacial score (nSPS) is 20.5. The molecule has 0 radical (unpaired) electrons. The number of aliphatic hydroxyl groups excluding tert-OH is 1. The van der Waals surface area contributed by atoms with Gasteiger partial charge in [-0.1, -0.05) is 12.1 Å². The average Bonchev–Trinajstić information content (AvgIpc) is 3.08. The third-order valence-corrected chi connectivity index (χ3v) is 3.41. The van der Waals surface area contributed by atoms with E-state index in [1.54, 1.807) is 0 Å². The van der Waals surface area contributed by atoms with Gasteiger partial charge in [-0.3, -0.25) is 9.89 Å². The van der Waals surface area contributed by atoms with E-state index in [-0.39, 0.29) is 24.4 Å². The Morgan fingerprint density at radius 1 is 1.45 bits per heavy atom. The van der Waals surface area contributed by atoms with Crippen LogP contribution >= 0.6 is 12.4 Å². The lowest BCUT2D eigenvalue weighted by molar-refractivity contribution is -0.117. The second-order valence-corrected chi connectivity index (χ2v) is 5.16. The topological polar surface area (TPSA) is 103 Å². The Kier molecular flexibility index (Phi) is 5.12. The molecular formula is C14H18ClN5O2. The largest absolute Gasteiger partial charge is 0.392 e. The van der Waals surface area contributed by atoms with Crippen molar-refractivity contribution in [2.45, 2.75) is 25.5 Å². The van der Waals surface area contributed by atoms with Crippen LogP contribution in [0.2, 0.25) is 0 Å². The molecule has 1 fully saturated rings. The van der Waals surface area contributed by atoms with Gasteiger partial charge in [-0.25, -0.2) is 4.98 Å². The summed E-state index contributed by atoms with van der Waals surface area (Å²) in [5, 5.41) is 22.2. The van der Waals surface area contributed by atoms with E-state index < -0.39 is 6.10 Å². The molecule has 1 aromatic heterocycles. The molecule has 1 aliphatic heterocycles. The Hall–Kier alpha value is -1.96. The molecule has 2 aromatic rings. The molecule has 0 aliphatic carbocycles. The third-order valence-electron chi connectivity index (χ3n) is 3.41. The van der Waals surface area contributed by atoms with E-state index in [1.807, 2.05) is 31.2 Å². The Morgan fingerprint density at radius 2 is 2.27 bits per heavy atom. The second-order valence-electron chi connectivity index (χ2n) is 5.16. The molecule has 0 saturated carbocycles. The molecule has 0 bridgehead atoms. The smallest absolute Gasteiger partial charge is 0.241 e. The van der Waals surface area contributed by atoms with Crippen LogP contribution in [0.4, 0.5) is 5.69 Å². The lowest BCUT2D eigenvalue weighted by Crippen LogP contribution is -2.35. The summed E-state index contributed by atoms with van der Waals surface area (Å²) in [6, 6.07) is 7.01. The first-order chi connectivity index (χ1) is 10.1. The van der Waals surface area contributed by atoms with E-state index in [0.29, 0.717) is 24.5 Å². The van der Waals surface area contributed by atoms with Gasteiger partial charge in [-0.15, -0.1) is 12.4 Å². The Balaban J connectivity index is 0.00000176. The maximum atomic E-state index is 12.1. The van der Waals surface area contributed by atoms with Gasteiger partial charge in [0.2, 0.25) is 5.91 Å². The van der Waals surface area contributed by atoms with E-state index in [2.05, 4.69) is 25.8 Å². The number of carbonyl (C=O) groups is 1. The van der Waals surface area contributed by atoms with Gasteiger partial charge in [0.15, 0.2) is 5.82 Å². The number of aryl methyl sites for hydroxylation is 1. The summed E-state index contributed by atoms with van der Waals surface area (Å²) in [7, 11) is 0. The molecule has 118 valence electrons. The van der Waals surface area contributed by atoms with E-state index in [4.69, 9.17) is 0 Å². The van der Waals surface area contributed by atoms with Gasteiger partial charge in [0.05, 0.1) is 12.1 Å². The van der Waals surface area contributed by atoms with Gasteiger partial charge < -0.3 is 15.7 Å². The number of aromatic nitrogens is 3. The van der Waals surface area contributed by atoms with Gasteiger partial charge in [0.25, 0.3) is 0 Å². The molecule has 1 aromatic carbocycles. The standard InChI is InChI=1S/C14H17N5O2.ClH/c1-8-16-13(19-18-8)9-3-2-4-10(5-9)17-14(21)12-6-11(20)7-15-12;/h2-5,11-12,15,20H,6-7H2,1H3,(H,17,21)(H,16,18,19);1H. The van der Waals surface area contributed by atoms with Crippen molar-refractivity contribution in [3.63, 3.8) is 0 Å². The van der Waals surface area contributed by atoms with Crippen LogP contribution in [0.5, 0.6) is 0 Å². The van der Waals surface area contributed by atoms with Crippen molar-refractivity contribution < 1.29 is 9.90 Å². The molecule has 8 heteroatoms. The van der Waals surface area contributed by atoms with Crippen molar-refractivity contribution in [2.75, 3.05) is 11.9 Å². The number of hydrogen-bond acceptors (Lipinski definition) is 5. The molecule has 7 nitrogen and oxygen atoms in total. The quantitative estimate of drug-likeness (QED) is 0.671. The van der Waals surface area contributed by atoms with Gasteiger partial charge in [0.1, 0.15) is 5.82 Å². The van der Waals surface area contributed by atoms with Gasteiger partial charge in [-0.2, -0.15) is 5.10 Å². The highest BCUT2D eigenvalue weighted by Gasteiger charge is 2.27. The fourth-order valence-corrected chi connectivity index (χ4v) is 2.35. The molecule has 1 aliphatic rings. The monoisotopic (exact) mass is 323 g/mol. The number of H-pyrrole nitrogens is 1. The highest BCUT2D eigenvalue weighted by atomic mass is 35.5. The second kappa shape index (κ2) is 6.87. The molecule has 4 N–H and O–H groups in total. The van der Waals surface area contributed by atoms with Crippen molar-refractivity contribution >= 4 is 24.0 Å². The first-order valence-electron chi connectivity index (χ1n) is 6.83. The van der Waals surface area contributed by atoms with Crippen LogP contribution in [0.25, 0.3) is 11.4 Å². The zero-order valence-corrected chi connectivity index (χ0v) is 12.9. The SMILES string of the molecule is Cc1nc(-c2cccc(NC(=O)C3CC(O)CN3)c2)n[nH]1.Cl. The molecule has 2 atom stereocenters. The summed E-state index contributed by atoms with van der Waals surface area (Å²) in [6.07, 6.45) is -0.0191. The number of amides is 1. The zero-order chi connectivity index (χ0) is 14.8. The van der Waals surface area contributed by atoms with Crippen LogP contribution in [0.15, 0.2) is 24.3 Å². The minimum atomic E-state index is -0.455. The molecule has 22 heavy (non-hydrogen) atoms. The van der Waals surface area contributed by atoms with E-state index in [0.717, 1.165) is 11.4 Å². The van der Waals surface area contributed by atoms with Crippen molar-refractivity contribution in [1.82, 2.24) is 20.5 Å². The van der Waals surface area contributed by atoms with E-state index in [9.17, 15) is 9.90 Å². The number of rotatable bonds is 3. The highest BCUT2D eigenvalue weighted by molar-refractivity contribution is 5.95.